The van der Waals surface area contributed by atoms with Crippen LogP contribution in [0.2, 0.25) is 0 Å². The van der Waals surface area contributed by atoms with Crippen LogP contribution in [0.1, 0.15) is 12.0 Å². The Bertz CT molecular complexity index is 395. The molecule has 0 bridgehead atoms. The molecule has 0 saturated carbocycles. The fourth-order valence-electron chi connectivity index (χ4n) is 2.36. The predicted octanol–water partition coefficient (Wildman–Crippen LogP) is 2.86. The van der Waals surface area contributed by atoms with Crippen LogP contribution in [0.15, 0.2) is 18.2 Å². The number of rotatable bonds is 3. The Morgan fingerprint density at radius 2 is 2.24 bits per heavy atom. The molecule has 1 aliphatic heterocycles. The van der Waals surface area contributed by atoms with Crippen LogP contribution in [-0.2, 0) is 5.33 Å². The Balaban J connectivity index is 2.21. The fraction of sp³-hybridized carbons (Fsp3) is 0.538. The first kappa shape index (κ1) is 12.8. The van der Waals surface area contributed by atoms with E-state index < -0.39 is 0 Å². The lowest BCUT2D eigenvalue weighted by atomic mass is 10.1. The first-order chi connectivity index (χ1) is 8.13. The number of nitrogens with zero attached hydrogens (tertiary/aromatic N) is 2. The van der Waals surface area contributed by atoms with Gasteiger partial charge in [0, 0.05) is 35.7 Å². The number of halogens is 2. The van der Waals surface area contributed by atoms with Crippen LogP contribution in [0.25, 0.3) is 0 Å². The Hall–Kier alpha value is -0.610. The van der Waals surface area contributed by atoms with Gasteiger partial charge in [-0.15, -0.1) is 0 Å². The van der Waals surface area contributed by atoms with Crippen molar-refractivity contribution in [3.05, 3.63) is 29.6 Å². The summed E-state index contributed by atoms with van der Waals surface area (Å²) in [7, 11) is 4.20. The third kappa shape index (κ3) is 2.63. The summed E-state index contributed by atoms with van der Waals surface area (Å²) < 4.78 is 13.7. The van der Waals surface area contributed by atoms with Gasteiger partial charge in [0.05, 0.1) is 0 Å². The van der Waals surface area contributed by atoms with E-state index in [2.05, 4.69) is 39.8 Å². The minimum atomic E-state index is -0.118. The molecule has 1 fully saturated rings. The van der Waals surface area contributed by atoms with Gasteiger partial charge >= 0.3 is 0 Å². The Kier molecular flexibility index (Phi) is 4.05. The van der Waals surface area contributed by atoms with Gasteiger partial charge in [0.1, 0.15) is 5.82 Å². The molecule has 0 aromatic heterocycles. The van der Waals surface area contributed by atoms with Crippen molar-refractivity contribution >= 4 is 21.6 Å². The zero-order chi connectivity index (χ0) is 12.4. The lowest BCUT2D eigenvalue weighted by Crippen LogP contribution is -2.31. The van der Waals surface area contributed by atoms with E-state index in [9.17, 15) is 4.39 Å². The maximum Gasteiger partial charge on any atom is 0.129 e. The average Bonchev–Trinajstić information content (AvgIpc) is 2.77. The molecule has 0 aliphatic carbocycles. The van der Waals surface area contributed by atoms with Crippen molar-refractivity contribution in [3.8, 4) is 0 Å². The summed E-state index contributed by atoms with van der Waals surface area (Å²) >= 11 is 3.37. The van der Waals surface area contributed by atoms with Gasteiger partial charge < -0.3 is 9.80 Å². The molecule has 2 rings (SSSR count). The van der Waals surface area contributed by atoms with E-state index in [0.29, 0.717) is 11.4 Å². The Morgan fingerprint density at radius 3 is 2.82 bits per heavy atom. The van der Waals surface area contributed by atoms with E-state index >= 15 is 0 Å². The van der Waals surface area contributed by atoms with Crippen LogP contribution < -0.4 is 4.90 Å². The number of hydrogen-bond acceptors (Lipinski definition) is 2. The average molecular weight is 301 g/mol. The third-order valence-corrected chi connectivity index (χ3v) is 4.02. The predicted molar refractivity (Wildman–Crippen MR) is 73.3 cm³/mol. The maximum absolute atomic E-state index is 13.7. The van der Waals surface area contributed by atoms with Gasteiger partial charge in [-0.3, -0.25) is 0 Å². The summed E-state index contributed by atoms with van der Waals surface area (Å²) in [6, 6.07) is 5.90. The molecule has 17 heavy (non-hydrogen) atoms. The highest BCUT2D eigenvalue weighted by molar-refractivity contribution is 9.08. The summed E-state index contributed by atoms with van der Waals surface area (Å²) in [6.45, 7) is 1.99. The molecule has 1 saturated heterocycles. The van der Waals surface area contributed by atoms with E-state index in [4.69, 9.17) is 0 Å². The molecule has 0 N–H and O–H groups in total. The van der Waals surface area contributed by atoms with Crippen molar-refractivity contribution in [2.24, 2.45) is 0 Å². The van der Waals surface area contributed by atoms with E-state index in [-0.39, 0.29) is 5.82 Å². The summed E-state index contributed by atoms with van der Waals surface area (Å²) in [5, 5.41) is 0.568. The third-order valence-electron chi connectivity index (χ3n) is 3.46. The second-order valence-electron chi connectivity index (χ2n) is 4.72. The zero-order valence-corrected chi connectivity index (χ0v) is 11.9. The molecule has 1 aliphatic rings. The fourth-order valence-corrected chi connectivity index (χ4v) is 2.91. The van der Waals surface area contributed by atoms with Gasteiger partial charge in [-0.05, 0) is 32.6 Å². The first-order valence-electron chi connectivity index (χ1n) is 5.88. The van der Waals surface area contributed by atoms with Crippen molar-refractivity contribution in [2.45, 2.75) is 17.8 Å². The van der Waals surface area contributed by atoms with Crippen LogP contribution >= 0.6 is 15.9 Å². The van der Waals surface area contributed by atoms with Crippen LogP contribution in [0.5, 0.6) is 0 Å². The Labute approximate surface area is 111 Å². The summed E-state index contributed by atoms with van der Waals surface area (Å²) in [6.07, 6.45) is 1.14. The second kappa shape index (κ2) is 5.36. The molecule has 0 spiro atoms. The van der Waals surface area contributed by atoms with E-state index in [1.807, 2.05) is 6.07 Å². The molecule has 0 radical (unpaired) electrons. The quantitative estimate of drug-likeness (QED) is 0.792. The number of alkyl halides is 1. The molecular weight excluding hydrogens is 283 g/mol. The molecule has 1 aromatic carbocycles. The standard InChI is InChI=1S/C13H18BrFN2/c1-16(2)10-6-7-17(9-10)13-5-3-4-12(15)11(13)8-14/h3-5,10H,6-9H2,1-2H3. The van der Waals surface area contributed by atoms with Crippen LogP contribution in [-0.4, -0.2) is 38.1 Å². The summed E-state index contributed by atoms with van der Waals surface area (Å²) in [5.41, 5.74) is 1.80. The van der Waals surface area contributed by atoms with Gasteiger partial charge in [-0.25, -0.2) is 4.39 Å². The molecule has 1 aromatic rings. The molecule has 1 atom stereocenters. The van der Waals surface area contributed by atoms with Gasteiger partial charge in [0.15, 0.2) is 0 Å². The van der Waals surface area contributed by atoms with Crippen LogP contribution in [0.4, 0.5) is 10.1 Å². The minimum Gasteiger partial charge on any atom is -0.370 e. The van der Waals surface area contributed by atoms with Gasteiger partial charge in [0.2, 0.25) is 0 Å². The van der Waals surface area contributed by atoms with Crippen molar-refractivity contribution in [2.75, 3.05) is 32.1 Å². The van der Waals surface area contributed by atoms with E-state index in [1.165, 1.54) is 6.07 Å². The highest BCUT2D eigenvalue weighted by atomic mass is 79.9. The highest BCUT2D eigenvalue weighted by Crippen LogP contribution is 2.29. The van der Waals surface area contributed by atoms with Crippen molar-refractivity contribution in [3.63, 3.8) is 0 Å². The first-order valence-corrected chi connectivity index (χ1v) is 7.00. The summed E-state index contributed by atoms with van der Waals surface area (Å²) in [4.78, 5) is 4.53. The van der Waals surface area contributed by atoms with Crippen molar-refractivity contribution in [1.82, 2.24) is 4.90 Å². The number of anilines is 1. The van der Waals surface area contributed by atoms with Gasteiger partial charge in [0.25, 0.3) is 0 Å². The molecule has 1 unspecified atom stereocenters. The number of likely N-dealkylation sites (N-methyl/N-ethyl adjacent to an activating group) is 1. The van der Waals surface area contributed by atoms with Crippen molar-refractivity contribution < 1.29 is 4.39 Å². The molecule has 1 heterocycles. The van der Waals surface area contributed by atoms with Gasteiger partial charge in [-0.2, -0.15) is 0 Å². The minimum absolute atomic E-state index is 0.118. The van der Waals surface area contributed by atoms with Crippen LogP contribution in [0.3, 0.4) is 0 Å². The number of benzene rings is 1. The molecule has 94 valence electrons. The smallest absolute Gasteiger partial charge is 0.129 e. The molecule has 0 amide bonds. The monoisotopic (exact) mass is 300 g/mol. The van der Waals surface area contributed by atoms with Crippen LogP contribution in [0, 0.1) is 5.82 Å². The van der Waals surface area contributed by atoms with Gasteiger partial charge in [-0.1, -0.05) is 22.0 Å². The molecule has 2 nitrogen and oxygen atoms in total. The van der Waals surface area contributed by atoms with Crippen molar-refractivity contribution in [1.29, 1.82) is 0 Å². The molecular formula is C13H18BrFN2. The van der Waals surface area contributed by atoms with E-state index in [0.717, 1.165) is 30.8 Å². The zero-order valence-electron chi connectivity index (χ0n) is 10.3. The topological polar surface area (TPSA) is 6.48 Å². The normalized spacial score (nSPS) is 20.3. The lowest BCUT2D eigenvalue weighted by molar-refractivity contribution is 0.315. The lowest BCUT2D eigenvalue weighted by Gasteiger charge is -2.23. The molecule has 4 heteroatoms. The SMILES string of the molecule is CN(C)C1CCN(c2cccc(F)c2CBr)C1. The Morgan fingerprint density at radius 1 is 1.47 bits per heavy atom. The highest BCUT2D eigenvalue weighted by Gasteiger charge is 2.25. The summed E-state index contributed by atoms with van der Waals surface area (Å²) in [5.74, 6) is -0.118. The second-order valence-corrected chi connectivity index (χ2v) is 5.28. The number of hydrogen-bond donors (Lipinski definition) is 0. The maximum atomic E-state index is 13.7. The van der Waals surface area contributed by atoms with E-state index in [1.54, 1.807) is 6.07 Å². The largest absolute Gasteiger partial charge is 0.370 e.